The molecule has 1 N–H and O–H groups in total. The molecule has 0 spiro atoms. The Labute approximate surface area is 125 Å². The van der Waals surface area contributed by atoms with Crippen LogP contribution in [0.4, 0.5) is 5.69 Å². The maximum absolute atomic E-state index is 12.1. The second-order valence-corrected chi connectivity index (χ2v) is 5.28. The largest absolute Gasteiger partial charge is 0.473 e. The van der Waals surface area contributed by atoms with Crippen molar-refractivity contribution in [1.82, 2.24) is 9.97 Å². The number of nitrogens with zero attached hydrogens (tertiary/aromatic N) is 2. The van der Waals surface area contributed by atoms with Gasteiger partial charge in [-0.2, -0.15) is 0 Å². The lowest BCUT2D eigenvalue weighted by molar-refractivity contribution is 0.102. The van der Waals surface area contributed by atoms with Crippen molar-refractivity contribution >= 4 is 27.5 Å². The molecule has 20 heavy (non-hydrogen) atoms. The molecule has 0 unspecified atom stereocenters. The fraction of sp³-hybridized carbons (Fsp3) is 0.214. The average Bonchev–Trinajstić information content (AvgIpc) is 2.40. The lowest BCUT2D eigenvalue weighted by Gasteiger charge is -2.13. The van der Waals surface area contributed by atoms with Crippen LogP contribution in [0.15, 0.2) is 41.3 Å². The van der Waals surface area contributed by atoms with Crippen LogP contribution in [0.5, 0.6) is 5.88 Å². The van der Waals surface area contributed by atoms with Gasteiger partial charge in [-0.15, -0.1) is 0 Å². The van der Waals surface area contributed by atoms with E-state index in [9.17, 15) is 4.79 Å². The molecule has 2 aromatic heterocycles. The summed E-state index contributed by atoms with van der Waals surface area (Å²) in [5, 5.41) is 2.77. The number of carbonyl (C=O) groups excluding carboxylic acids is 1. The van der Waals surface area contributed by atoms with Gasteiger partial charge in [0.1, 0.15) is 5.69 Å². The van der Waals surface area contributed by atoms with Gasteiger partial charge in [0.15, 0.2) is 0 Å². The summed E-state index contributed by atoms with van der Waals surface area (Å²) in [7, 11) is 0. The minimum absolute atomic E-state index is 0.0203. The first-order valence-corrected chi connectivity index (χ1v) is 6.89. The first-order valence-electron chi connectivity index (χ1n) is 6.10. The Morgan fingerprint density at radius 2 is 2.20 bits per heavy atom. The monoisotopic (exact) mass is 335 g/mol. The maximum atomic E-state index is 12.1. The van der Waals surface area contributed by atoms with E-state index in [0.29, 0.717) is 17.1 Å². The highest BCUT2D eigenvalue weighted by molar-refractivity contribution is 9.10. The molecule has 0 radical (unpaired) electrons. The highest BCUT2D eigenvalue weighted by Crippen LogP contribution is 2.22. The van der Waals surface area contributed by atoms with Gasteiger partial charge in [-0.25, -0.2) is 4.98 Å². The highest BCUT2D eigenvalue weighted by atomic mass is 79.9. The molecule has 0 aromatic carbocycles. The Morgan fingerprint density at radius 3 is 2.90 bits per heavy atom. The smallest absolute Gasteiger partial charge is 0.257 e. The zero-order chi connectivity index (χ0) is 14.5. The van der Waals surface area contributed by atoms with Crippen molar-refractivity contribution in [3.8, 4) is 5.88 Å². The van der Waals surface area contributed by atoms with E-state index < -0.39 is 0 Å². The fourth-order valence-corrected chi connectivity index (χ4v) is 1.90. The lowest BCUT2D eigenvalue weighted by atomic mass is 10.2. The van der Waals surface area contributed by atoms with Crippen LogP contribution in [0.2, 0.25) is 0 Å². The number of carbonyl (C=O) groups is 1. The summed E-state index contributed by atoms with van der Waals surface area (Å²) in [4.78, 5) is 20.2. The van der Waals surface area contributed by atoms with Gasteiger partial charge in [0.2, 0.25) is 5.88 Å². The summed E-state index contributed by atoms with van der Waals surface area (Å²) in [6.07, 6.45) is 4.72. The zero-order valence-electron chi connectivity index (χ0n) is 11.1. The number of pyridine rings is 2. The van der Waals surface area contributed by atoms with Crippen molar-refractivity contribution in [3.05, 3.63) is 46.8 Å². The van der Waals surface area contributed by atoms with Crippen molar-refractivity contribution in [3.63, 3.8) is 0 Å². The van der Waals surface area contributed by atoms with E-state index in [1.807, 2.05) is 13.8 Å². The number of amides is 1. The third-order valence-corrected chi connectivity index (χ3v) is 2.77. The van der Waals surface area contributed by atoms with Crippen LogP contribution in [0.1, 0.15) is 24.2 Å². The average molecular weight is 336 g/mol. The second kappa shape index (κ2) is 6.47. The van der Waals surface area contributed by atoms with Crippen molar-refractivity contribution < 1.29 is 9.53 Å². The van der Waals surface area contributed by atoms with Crippen LogP contribution < -0.4 is 10.1 Å². The number of nitrogens with one attached hydrogen (secondary N) is 1. The van der Waals surface area contributed by atoms with E-state index in [0.717, 1.165) is 4.47 Å². The van der Waals surface area contributed by atoms with Crippen molar-refractivity contribution in [2.75, 3.05) is 5.32 Å². The van der Waals surface area contributed by atoms with E-state index in [1.54, 1.807) is 30.6 Å². The van der Waals surface area contributed by atoms with Gasteiger partial charge in [0.05, 0.1) is 11.7 Å². The SMILES string of the molecule is CC(C)Oc1ncccc1NC(=O)c1cncc(Br)c1. The lowest BCUT2D eigenvalue weighted by Crippen LogP contribution is -2.15. The van der Waals surface area contributed by atoms with Crippen molar-refractivity contribution in [2.24, 2.45) is 0 Å². The number of anilines is 1. The fourth-order valence-electron chi connectivity index (χ4n) is 1.53. The molecule has 5 nitrogen and oxygen atoms in total. The first-order chi connectivity index (χ1) is 9.56. The topological polar surface area (TPSA) is 64.1 Å². The summed E-state index contributed by atoms with van der Waals surface area (Å²) in [6.45, 7) is 3.80. The number of rotatable bonds is 4. The molecule has 2 aromatic rings. The zero-order valence-corrected chi connectivity index (χ0v) is 12.7. The van der Waals surface area contributed by atoms with Gasteiger partial charge >= 0.3 is 0 Å². The molecule has 0 aliphatic heterocycles. The quantitative estimate of drug-likeness (QED) is 0.931. The Kier molecular flexibility index (Phi) is 4.68. The molecule has 6 heteroatoms. The highest BCUT2D eigenvalue weighted by Gasteiger charge is 2.12. The molecule has 0 aliphatic carbocycles. The third kappa shape index (κ3) is 3.77. The molecule has 0 aliphatic rings. The molecule has 0 bridgehead atoms. The van der Waals surface area contributed by atoms with Crippen LogP contribution in [0.25, 0.3) is 0 Å². The molecule has 0 atom stereocenters. The van der Waals surface area contributed by atoms with Gasteiger partial charge in [-0.05, 0) is 48.0 Å². The summed E-state index contributed by atoms with van der Waals surface area (Å²) in [5.41, 5.74) is 0.991. The molecule has 104 valence electrons. The van der Waals surface area contributed by atoms with Gasteiger partial charge in [0, 0.05) is 23.1 Å². The van der Waals surface area contributed by atoms with Crippen LogP contribution in [0.3, 0.4) is 0 Å². The van der Waals surface area contributed by atoms with Crippen molar-refractivity contribution in [1.29, 1.82) is 0 Å². The van der Waals surface area contributed by atoms with Crippen LogP contribution in [0, 0.1) is 0 Å². The Hall–Kier alpha value is -1.95. The molecule has 1 amide bonds. The summed E-state index contributed by atoms with van der Waals surface area (Å²) >= 11 is 3.28. The standard InChI is InChI=1S/C14H14BrN3O2/c1-9(2)20-14-12(4-3-5-17-14)18-13(19)10-6-11(15)8-16-7-10/h3-9H,1-2H3,(H,18,19). The Bertz CT molecular complexity index is 617. The Balaban J connectivity index is 2.19. The van der Waals surface area contributed by atoms with E-state index in [-0.39, 0.29) is 12.0 Å². The number of hydrogen-bond acceptors (Lipinski definition) is 4. The first kappa shape index (κ1) is 14.5. The molecular weight excluding hydrogens is 322 g/mol. The molecule has 0 fully saturated rings. The molecular formula is C14H14BrN3O2. The number of ether oxygens (including phenoxy) is 1. The Morgan fingerprint density at radius 1 is 1.40 bits per heavy atom. The van der Waals surface area contributed by atoms with E-state index in [1.165, 1.54) is 6.20 Å². The normalized spacial score (nSPS) is 10.4. The summed E-state index contributed by atoms with van der Waals surface area (Å²) in [5.74, 6) is 0.138. The van der Waals surface area contributed by atoms with Gasteiger partial charge in [0.25, 0.3) is 5.91 Å². The minimum atomic E-state index is -0.264. The minimum Gasteiger partial charge on any atom is -0.473 e. The number of aromatic nitrogens is 2. The van der Waals surface area contributed by atoms with E-state index >= 15 is 0 Å². The predicted molar refractivity (Wildman–Crippen MR) is 79.9 cm³/mol. The van der Waals surface area contributed by atoms with Crippen LogP contribution >= 0.6 is 15.9 Å². The summed E-state index contributed by atoms with van der Waals surface area (Å²) < 4.78 is 6.30. The molecule has 0 saturated carbocycles. The van der Waals surface area contributed by atoms with Gasteiger partial charge in [-0.3, -0.25) is 9.78 Å². The van der Waals surface area contributed by atoms with E-state index in [2.05, 4.69) is 31.2 Å². The molecule has 0 saturated heterocycles. The summed E-state index contributed by atoms with van der Waals surface area (Å²) in [6, 6.07) is 5.18. The third-order valence-electron chi connectivity index (χ3n) is 2.33. The number of halogens is 1. The van der Waals surface area contributed by atoms with Crippen molar-refractivity contribution in [2.45, 2.75) is 20.0 Å². The number of hydrogen-bond donors (Lipinski definition) is 1. The predicted octanol–water partition coefficient (Wildman–Crippen LogP) is 3.28. The maximum Gasteiger partial charge on any atom is 0.257 e. The molecule has 2 rings (SSSR count). The molecule has 2 heterocycles. The van der Waals surface area contributed by atoms with Gasteiger partial charge < -0.3 is 10.1 Å². The second-order valence-electron chi connectivity index (χ2n) is 4.37. The van der Waals surface area contributed by atoms with Crippen LogP contribution in [-0.4, -0.2) is 22.0 Å². The van der Waals surface area contributed by atoms with Crippen LogP contribution in [-0.2, 0) is 0 Å². The van der Waals surface area contributed by atoms with Gasteiger partial charge in [-0.1, -0.05) is 0 Å². The van der Waals surface area contributed by atoms with E-state index in [4.69, 9.17) is 4.74 Å².